The molecule has 0 saturated carbocycles. The Bertz CT molecular complexity index is 1010. The molecule has 2 aromatic rings. The lowest BCUT2D eigenvalue weighted by atomic mass is 9.96. The second-order valence-corrected chi connectivity index (χ2v) is 9.97. The van der Waals surface area contributed by atoms with Gasteiger partial charge in [-0.25, -0.2) is 9.97 Å². The highest BCUT2D eigenvalue weighted by molar-refractivity contribution is 6.30. The molecular formula is C25H32ClN5O3. The Labute approximate surface area is 205 Å². The average Bonchev–Trinajstić information content (AvgIpc) is 3.48. The Morgan fingerprint density at radius 1 is 1.24 bits per heavy atom. The summed E-state index contributed by atoms with van der Waals surface area (Å²) in [7, 11) is 0. The van der Waals surface area contributed by atoms with Crippen LogP contribution in [0.15, 0.2) is 30.6 Å². The van der Waals surface area contributed by atoms with Crippen molar-refractivity contribution in [3.05, 3.63) is 52.4 Å². The van der Waals surface area contributed by atoms with Gasteiger partial charge in [0.2, 0.25) is 5.91 Å². The number of nitrogens with one attached hydrogen (secondary N) is 1. The number of carbonyl (C=O) groups excluding carboxylic acids is 1. The Hall–Kier alpha value is -2.26. The summed E-state index contributed by atoms with van der Waals surface area (Å²) in [5.41, 5.74) is 2.78. The Morgan fingerprint density at radius 2 is 2.00 bits per heavy atom. The smallest absolute Gasteiger partial charge is 0.231 e. The maximum absolute atomic E-state index is 13.7. The molecule has 1 aromatic heterocycles. The predicted octanol–water partition coefficient (Wildman–Crippen LogP) is 2.48. The summed E-state index contributed by atoms with van der Waals surface area (Å²) in [6.45, 7) is 6.81. The zero-order valence-electron chi connectivity index (χ0n) is 19.5. The van der Waals surface area contributed by atoms with Gasteiger partial charge in [-0.15, -0.1) is 0 Å². The van der Waals surface area contributed by atoms with Crippen molar-refractivity contribution in [3.8, 4) is 0 Å². The summed E-state index contributed by atoms with van der Waals surface area (Å²) in [5.74, 6) is 0.979. The molecule has 3 aliphatic rings. The van der Waals surface area contributed by atoms with E-state index in [2.05, 4.69) is 27.1 Å². The first-order valence-electron chi connectivity index (χ1n) is 12.1. The fraction of sp³-hybridized carbons (Fsp3) is 0.560. The van der Waals surface area contributed by atoms with Crippen LogP contribution in [0.2, 0.25) is 5.02 Å². The summed E-state index contributed by atoms with van der Waals surface area (Å²) in [6, 6.07) is 7.88. The molecule has 0 bridgehead atoms. The lowest BCUT2D eigenvalue weighted by Crippen LogP contribution is -2.51. The molecule has 2 N–H and O–H groups in total. The van der Waals surface area contributed by atoms with Crippen LogP contribution in [-0.2, 0) is 9.53 Å². The number of halogens is 1. The van der Waals surface area contributed by atoms with Crippen LogP contribution in [0.3, 0.4) is 0 Å². The van der Waals surface area contributed by atoms with E-state index in [0.29, 0.717) is 50.8 Å². The average molecular weight is 486 g/mol. The summed E-state index contributed by atoms with van der Waals surface area (Å²) >= 11 is 6.10. The van der Waals surface area contributed by atoms with E-state index < -0.39 is 6.10 Å². The van der Waals surface area contributed by atoms with Crippen LogP contribution in [0, 0.1) is 0 Å². The van der Waals surface area contributed by atoms with Crippen LogP contribution in [0.5, 0.6) is 0 Å². The van der Waals surface area contributed by atoms with E-state index >= 15 is 0 Å². The largest absolute Gasteiger partial charge is 0.387 e. The van der Waals surface area contributed by atoms with Gasteiger partial charge in [0.05, 0.1) is 24.3 Å². The van der Waals surface area contributed by atoms with Crippen molar-refractivity contribution in [1.82, 2.24) is 20.2 Å². The summed E-state index contributed by atoms with van der Waals surface area (Å²) in [4.78, 5) is 26.7. The van der Waals surface area contributed by atoms with Crippen molar-refractivity contribution in [2.45, 2.75) is 43.7 Å². The number of nitrogens with zero attached hydrogens (tertiary/aromatic N) is 4. The molecule has 1 aliphatic carbocycles. The molecule has 8 nitrogen and oxygen atoms in total. The van der Waals surface area contributed by atoms with E-state index in [4.69, 9.17) is 16.3 Å². The van der Waals surface area contributed by atoms with Crippen molar-refractivity contribution in [2.75, 3.05) is 50.8 Å². The van der Waals surface area contributed by atoms with Gasteiger partial charge in [0.1, 0.15) is 12.1 Å². The van der Waals surface area contributed by atoms with Gasteiger partial charge in [-0.1, -0.05) is 30.7 Å². The topological polar surface area (TPSA) is 90.8 Å². The fourth-order valence-electron chi connectivity index (χ4n) is 5.34. The number of aliphatic hydroxyl groups is 1. The molecule has 0 radical (unpaired) electrons. The first kappa shape index (κ1) is 23.5. The van der Waals surface area contributed by atoms with Gasteiger partial charge in [0.25, 0.3) is 0 Å². The highest BCUT2D eigenvalue weighted by Crippen LogP contribution is 2.42. The minimum atomic E-state index is -0.521. The van der Waals surface area contributed by atoms with Gasteiger partial charge in [0.15, 0.2) is 0 Å². The third-order valence-electron chi connectivity index (χ3n) is 7.28. The van der Waals surface area contributed by atoms with Gasteiger partial charge in [-0.05, 0) is 36.5 Å². The molecule has 5 rings (SSSR count). The van der Waals surface area contributed by atoms with Gasteiger partial charge < -0.3 is 25.0 Å². The monoisotopic (exact) mass is 485 g/mol. The Balaban J connectivity index is 1.28. The van der Waals surface area contributed by atoms with Crippen molar-refractivity contribution in [2.24, 2.45) is 0 Å². The lowest BCUT2D eigenvalue weighted by Gasteiger charge is -2.38. The number of amides is 1. The van der Waals surface area contributed by atoms with Gasteiger partial charge >= 0.3 is 0 Å². The van der Waals surface area contributed by atoms with Gasteiger partial charge in [0, 0.05) is 56.0 Å². The molecular weight excluding hydrogens is 454 g/mol. The molecule has 3 heterocycles. The van der Waals surface area contributed by atoms with E-state index in [0.717, 1.165) is 35.7 Å². The van der Waals surface area contributed by atoms with E-state index in [-0.39, 0.29) is 23.8 Å². The minimum Gasteiger partial charge on any atom is -0.387 e. The highest BCUT2D eigenvalue weighted by atomic mass is 35.5. The number of hydrogen-bond donors (Lipinski definition) is 2. The summed E-state index contributed by atoms with van der Waals surface area (Å²) in [5, 5.41) is 14.5. The maximum atomic E-state index is 13.7. The van der Waals surface area contributed by atoms with E-state index in [1.165, 1.54) is 0 Å². The number of anilines is 1. The number of rotatable bonds is 6. The summed E-state index contributed by atoms with van der Waals surface area (Å²) < 4.78 is 5.48. The molecule has 2 fully saturated rings. The van der Waals surface area contributed by atoms with Crippen LogP contribution in [0.1, 0.15) is 54.5 Å². The molecule has 1 amide bonds. The SMILES string of the molecule is C[C@@H]1C[C@@H](O)c2ncnc(N3CCN(C(=O)[C@H](CNC4CCOC4)c4ccc(Cl)cc4)CC3)c21. The quantitative estimate of drug-likeness (QED) is 0.649. The molecule has 4 atom stereocenters. The second-order valence-electron chi connectivity index (χ2n) is 9.53. The fourth-order valence-corrected chi connectivity index (χ4v) is 5.46. The van der Waals surface area contributed by atoms with E-state index in [9.17, 15) is 9.90 Å². The van der Waals surface area contributed by atoms with Crippen LogP contribution < -0.4 is 10.2 Å². The molecule has 2 saturated heterocycles. The standard InChI is InChI=1S/C25H32ClN5O3/c1-16-12-21(32)23-22(16)24(29-15-28-23)30-7-9-31(10-8-30)25(33)20(13-27-19-6-11-34-14-19)17-2-4-18(26)5-3-17/h2-5,15-16,19-21,27,32H,6-14H2,1H3/t16-,19?,20-,21-/m1/s1. The van der Waals surface area contributed by atoms with Crippen LogP contribution in [0.4, 0.5) is 5.82 Å². The second kappa shape index (κ2) is 10.2. The number of hydrogen-bond acceptors (Lipinski definition) is 7. The number of piperazine rings is 1. The van der Waals surface area contributed by atoms with Gasteiger partial charge in [-0.2, -0.15) is 0 Å². The maximum Gasteiger partial charge on any atom is 0.231 e. The van der Waals surface area contributed by atoms with Crippen molar-refractivity contribution in [3.63, 3.8) is 0 Å². The van der Waals surface area contributed by atoms with E-state index in [1.54, 1.807) is 6.33 Å². The third kappa shape index (κ3) is 4.77. The first-order valence-corrected chi connectivity index (χ1v) is 12.5. The van der Waals surface area contributed by atoms with Gasteiger partial charge in [-0.3, -0.25) is 4.79 Å². The predicted molar refractivity (Wildman–Crippen MR) is 130 cm³/mol. The van der Waals surface area contributed by atoms with E-state index in [1.807, 2.05) is 29.2 Å². The molecule has 1 aromatic carbocycles. The minimum absolute atomic E-state index is 0.130. The van der Waals surface area contributed by atoms with Crippen molar-refractivity contribution in [1.29, 1.82) is 0 Å². The highest BCUT2D eigenvalue weighted by Gasteiger charge is 2.35. The molecule has 2 aliphatic heterocycles. The van der Waals surface area contributed by atoms with Crippen molar-refractivity contribution >= 4 is 23.3 Å². The third-order valence-corrected chi connectivity index (χ3v) is 7.53. The molecule has 9 heteroatoms. The zero-order chi connectivity index (χ0) is 23.7. The molecule has 0 spiro atoms. The normalized spacial score (nSPS) is 25.4. The molecule has 1 unspecified atom stereocenters. The van der Waals surface area contributed by atoms with Crippen LogP contribution in [-0.4, -0.2) is 77.9 Å². The summed E-state index contributed by atoms with van der Waals surface area (Å²) in [6.07, 6.45) is 2.67. The molecule has 182 valence electrons. The number of aliphatic hydroxyl groups excluding tert-OH is 1. The number of aromatic nitrogens is 2. The van der Waals surface area contributed by atoms with Crippen molar-refractivity contribution < 1.29 is 14.6 Å². The number of fused-ring (bicyclic) bond motifs is 1. The number of ether oxygens (including phenoxy) is 1. The number of carbonyl (C=O) groups is 1. The Morgan fingerprint density at radius 3 is 2.71 bits per heavy atom. The van der Waals surface area contributed by atoms with Crippen LogP contribution >= 0.6 is 11.6 Å². The zero-order valence-corrected chi connectivity index (χ0v) is 20.2. The molecule has 34 heavy (non-hydrogen) atoms. The van der Waals surface area contributed by atoms with Crippen LogP contribution in [0.25, 0.3) is 0 Å². The lowest BCUT2D eigenvalue weighted by molar-refractivity contribution is -0.133. The first-order chi connectivity index (χ1) is 16.5. The number of benzene rings is 1. The Kier molecular flexibility index (Phi) is 7.01.